The van der Waals surface area contributed by atoms with Gasteiger partial charge in [0.15, 0.2) is 5.82 Å². The fraction of sp³-hybridized carbons (Fsp3) is 0.350. The Morgan fingerprint density at radius 3 is 2.68 bits per heavy atom. The molecule has 0 aromatic carbocycles. The van der Waals surface area contributed by atoms with E-state index >= 15 is 0 Å². The highest BCUT2D eigenvalue weighted by Gasteiger charge is 2.31. The van der Waals surface area contributed by atoms with Gasteiger partial charge >= 0.3 is 6.18 Å². The lowest BCUT2D eigenvalue weighted by atomic mass is 10.1. The zero-order chi connectivity index (χ0) is 20.6. The summed E-state index contributed by atoms with van der Waals surface area (Å²) in [6, 6.07) is 5.78. The first kappa shape index (κ1) is 21.8. The second-order valence-corrected chi connectivity index (χ2v) is 7.46. The topological polar surface area (TPSA) is 75.7 Å². The second kappa shape index (κ2) is 10.2. The van der Waals surface area contributed by atoms with E-state index in [2.05, 4.69) is 23.0 Å². The maximum absolute atomic E-state index is 12.5. The molecule has 150 valence electrons. The van der Waals surface area contributed by atoms with Gasteiger partial charge in [-0.05, 0) is 49.3 Å². The van der Waals surface area contributed by atoms with Crippen LogP contribution < -0.4 is 5.73 Å². The summed E-state index contributed by atoms with van der Waals surface area (Å²) in [5, 5.41) is 7.73. The first-order valence-corrected chi connectivity index (χ1v) is 9.84. The molecule has 0 aliphatic carbocycles. The zero-order valence-corrected chi connectivity index (χ0v) is 16.4. The van der Waals surface area contributed by atoms with Gasteiger partial charge in [-0.1, -0.05) is 26.2 Å². The molecule has 0 atom stereocenters. The van der Waals surface area contributed by atoms with Crippen molar-refractivity contribution in [3.8, 4) is 0 Å². The lowest BCUT2D eigenvalue weighted by molar-refractivity contribution is -0.0925. The summed E-state index contributed by atoms with van der Waals surface area (Å²) in [5.74, 6) is -0.114. The molecule has 0 bridgehead atoms. The Balaban J connectivity index is 2.03. The Morgan fingerprint density at radius 2 is 1.96 bits per heavy atom. The lowest BCUT2D eigenvalue weighted by Crippen LogP contribution is -2.21. The molecule has 0 amide bonds. The van der Waals surface area contributed by atoms with Crippen LogP contribution in [0.5, 0.6) is 0 Å². The van der Waals surface area contributed by atoms with Crippen LogP contribution in [-0.4, -0.2) is 21.9 Å². The summed E-state index contributed by atoms with van der Waals surface area (Å²) in [7, 11) is 0. The van der Waals surface area contributed by atoms with Crippen molar-refractivity contribution in [3.05, 3.63) is 57.4 Å². The van der Waals surface area contributed by atoms with E-state index in [-0.39, 0.29) is 5.82 Å². The highest BCUT2D eigenvalue weighted by atomic mass is 32.1. The first-order valence-electron chi connectivity index (χ1n) is 9.02. The summed E-state index contributed by atoms with van der Waals surface area (Å²) in [6.07, 6.45) is 6.86. The number of alkyl halides is 3. The maximum Gasteiger partial charge on any atom is 0.430 e. The third-order valence-electron chi connectivity index (χ3n) is 3.92. The van der Waals surface area contributed by atoms with Crippen LogP contribution in [0.1, 0.15) is 53.9 Å². The summed E-state index contributed by atoms with van der Waals surface area (Å²) in [4.78, 5) is 10.4. The Hall–Kier alpha value is -2.48. The smallest absolute Gasteiger partial charge is 0.395 e. The van der Waals surface area contributed by atoms with Gasteiger partial charge in [0.05, 0.1) is 5.69 Å². The van der Waals surface area contributed by atoms with Gasteiger partial charge in [0.25, 0.3) is 0 Å². The number of hydrogen-bond acceptors (Lipinski definition) is 5. The van der Waals surface area contributed by atoms with Crippen LogP contribution in [-0.2, 0) is 6.42 Å². The number of nitrogens with one attached hydrogen (secondary N) is 1. The molecular formula is C20H23F3N4S. The highest BCUT2D eigenvalue weighted by molar-refractivity contribution is 7.12. The predicted octanol–water partition coefficient (Wildman–Crippen LogP) is 5.60. The number of rotatable bonds is 9. The van der Waals surface area contributed by atoms with E-state index in [9.17, 15) is 13.2 Å². The van der Waals surface area contributed by atoms with Gasteiger partial charge in [-0.3, -0.25) is 5.41 Å². The summed E-state index contributed by atoms with van der Waals surface area (Å²) in [5.41, 5.74) is 3.60. The molecule has 2 aromatic rings. The van der Waals surface area contributed by atoms with Gasteiger partial charge in [-0.25, -0.2) is 9.97 Å². The number of halogens is 3. The quantitative estimate of drug-likeness (QED) is 0.419. The van der Waals surface area contributed by atoms with E-state index in [1.54, 1.807) is 23.5 Å². The normalized spacial score (nSPS) is 12.6. The minimum atomic E-state index is -4.68. The van der Waals surface area contributed by atoms with Crippen molar-refractivity contribution in [2.75, 3.05) is 0 Å². The highest BCUT2D eigenvalue weighted by Crippen LogP contribution is 2.22. The van der Waals surface area contributed by atoms with Gasteiger partial charge in [0.1, 0.15) is 11.4 Å². The van der Waals surface area contributed by atoms with Crippen LogP contribution in [0.3, 0.4) is 0 Å². The number of nitrogens with zero attached hydrogens (tertiary/aromatic N) is 2. The van der Waals surface area contributed by atoms with Gasteiger partial charge in [0.2, 0.25) is 0 Å². The molecule has 2 heterocycles. The molecular weight excluding hydrogens is 385 g/mol. The first-order chi connectivity index (χ1) is 13.3. The van der Waals surface area contributed by atoms with Gasteiger partial charge < -0.3 is 5.73 Å². The number of thiophene rings is 1. The van der Waals surface area contributed by atoms with Gasteiger partial charge in [-0.15, -0.1) is 11.3 Å². The van der Waals surface area contributed by atoms with Crippen molar-refractivity contribution >= 4 is 29.2 Å². The Morgan fingerprint density at radius 1 is 1.18 bits per heavy atom. The van der Waals surface area contributed by atoms with Crippen LogP contribution in [0.15, 0.2) is 36.2 Å². The number of unbranched alkanes of at least 4 members (excludes halogenated alkanes) is 3. The van der Waals surface area contributed by atoms with Crippen LogP contribution in [0.2, 0.25) is 0 Å². The van der Waals surface area contributed by atoms with Crippen molar-refractivity contribution in [1.82, 2.24) is 9.97 Å². The minimum absolute atomic E-state index is 0.114. The summed E-state index contributed by atoms with van der Waals surface area (Å²) < 4.78 is 37.5. The number of aromatic nitrogens is 2. The molecule has 8 heteroatoms. The standard InChI is InChI=1S/C20H23F3N4S/c1-2-3-4-5-6-15-9-10-16(28-15)8-7-14-11-12-26-19(27-14)17(24)13-18(25)20(21,22)23/h7-13,24H,2-6,25H2,1H3/b8-7+,18-13?,24-17?. The van der Waals surface area contributed by atoms with E-state index in [1.807, 2.05) is 12.1 Å². The van der Waals surface area contributed by atoms with Crippen molar-refractivity contribution in [3.63, 3.8) is 0 Å². The van der Waals surface area contributed by atoms with Crippen molar-refractivity contribution in [2.24, 2.45) is 5.73 Å². The Labute approximate surface area is 166 Å². The van der Waals surface area contributed by atoms with E-state index in [4.69, 9.17) is 11.1 Å². The monoisotopic (exact) mass is 408 g/mol. The van der Waals surface area contributed by atoms with Crippen LogP contribution in [0.4, 0.5) is 13.2 Å². The van der Waals surface area contributed by atoms with E-state index < -0.39 is 17.6 Å². The fourth-order valence-electron chi connectivity index (χ4n) is 2.41. The lowest BCUT2D eigenvalue weighted by Gasteiger charge is -2.06. The predicted molar refractivity (Wildman–Crippen MR) is 108 cm³/mol. The van der Waals surface area contributed by atoms with E-state index in [0.717, 1.165) is 11.3 Å². The number of allylic oxidation sites excluding steroid dienone is 2. The molecule has 0 saturated carbocycles. The Bertz CT molecular complexity index is 853. The van der Waals surface area contributed by atoms with E-state index in [1.165, 1.54) is 36.8 Å². The van der Waals surface area contributed by atoms with Gasteiger partial charge in [-0.2, -0.15) is 13.2 Å². The number of hydrogen-bond donors (Lipinski definition) is 2. The fourth-order valence-corrected chi connectivity index (χ4v) is 3.37. The van der Waals surface area contributed by atoms with Crippen molar-refractivity contribution in [2.45, 2.75) is 45.2 Å². The number of aryl methyl sites for hydroxylation is 1. The average Bonchev–Trinajstić information content (AvgIpc) is 3.11. The molecule has 0 radical (unpaired) electrons. The molecule has 0 saturated heterocycles. The van der Waals surface area contributed by atoms with Crippen LogP contribution >= 0.6 is 11.3 Å². The molecule has 0 fully saturated rings. The Kier molecular flexibility index (Phi) is 7.92. The van der Waals surface area contributed by atoms with Crippen LogP contribution in [0, 0.1) is 5.41 Å². The molecule has 0 unspecified atom stereocenters. The molecule has 0 aliphatic rings. The van der Waals surface area contributed by atoms with Crippen molar-refractivity contribution < 1.29 is 13.2 Å². The molecule has 28 heavy (non-hydrogen) atoms. The molecule has 2 aromatic heterocycles. The molecule has 2 rings (SSSR count). The average molecular weight is 408 g/mol. The maximum atomic E-state index is 12.5. The second-order valence-electron chi connectivity index (χ2n) is 6.26. The van der Waals surface area contributed by atoms with Gasteiger partial charge in [0, 0.05) is 16.0 Å². The molecule has 3 N–H and O–H groups in total. The summed E-state index contributed by atoms with van der Waals surface area (Å²) in [6.45, 7) is 2.19. The molecule has 0 aliphatic heterocycles. The third kappa shape index (κ3) is 6.92. The largest absolute Gasteiger partial charge is 0.430 e. The van der Waals surface area contributed by atoms with E-state index in [0.29, 0.717) is 11.8 Å². The zero-order valence-electron chi connectivity index (χ0n) is 15.6. The molecule has 4 nitrogen and oxygen atoms in total. The number of nitrogens with two attached hydrogens (primary N) is 1. The SMILES string of the molecule is CCCCCCc1ccc(/C=C/c2ccnc(C(=N)C=C(N)C(F)(F)F)n2)s1. The minimum Gasteiger partial charge on any atom is -0.395 e. The third-order valence-corrected chi connectivity index (χ3v) is 5.03. The summed E-state index contributed by atoms with van der Waals surface area (Å²) >= 11 is 1.71. The molecule has 0 spiro atoms. The van der Waals surface area contributed by atoms with Crippen LogP contribution in [0.25, 0.3) is 12.2 Å². The van der Waals surface area contributed by atoms with Crippen molar-refractivity contribution in [1.29, 1.82) is 5.41 Å².